The van der Waals surface area contributed by atoms with Crippen molar-refractivity contribution in [3.8, 4) is 0 Å². The first-order chi connectivity index (χ1) is 5.33. The first-order valence-corrected chi connectivity index (χ1v) is 5.33. The van der Waals surface area contributed by atoms with Crippen molar-refractivity contribution in [1.29, 1.82) is 0 Å². The molecule has 70 valence electrons. The summed E-state index contributed by atoms with van der Waals surface area (Å²) >= 11 is 0. The number of rotatable bonds is 1. The van der Waals surface area contributed by atoms with E-state index in [1.54, 1.807) is 0 Å². The molecule has 0 nitrogen and oxygen atoms in total. The lowest BCUT2D eigenvalue weighted by Gasteiger charge is -2.24. The molecule has 0 N–H and O–H groups in total. The molecule has 0 amide bonds. The van der Waals surface area contributed by atoms with Crippen molar-refractivity contribution in [2.75, 3.05) is 0 Å². The van der Waals surface area contributed by atoms with Gasteiger partial charge in [-0.05, 0) is 11.8 Å². The van der Waals surface area contributed by atoms with Gasteiger partial charge in [0.1, 0.15) is 0 Å². The van der Waals surface area contributed by atoms with Crippen molar-refractivity contribution in [3.63, 3.8) is 0 Å². The molecule has 1 rings (SSSR count). The minimum absolute atomic E-state index is 0. The van der Waals surface area contributed by atoms with E-state index in [1.807, 2.05) is 13.8 Å². The third kappa shape index (κ3) is 4.44. The molecule has 0 bridgehead atoms. The number of hydrogen-bond donors (Lipinski definition) is 0. The number of hydrogen-bond acceptors (Lipinski definition) is 0. The fraction of sp³-hybridized carbons (Fsp3) is 1.00. The summed E-state index contributed by atoms with van der Waals surface area (Å²) in [5, 5.41) is 0. The van der Waals surface area contributed by atoms with Crippen molar-refractivity contribution >= 4 is 0 Å². The van der Waals surface area contributed by atoms with Crippen LogP contribution < -0.4 is 0 Å². The summed E-state index contributed by atoms with van der Waals surface area (Å²) < 4.78 is 0. The van der Waals surface area contributed by atoms with Crippen LogP contribution in [0.25, 0.3) is 0 Å². The van der Waals surface area contributed by atoms with Gasteiger partial charge in [0.2, 0.25) is 0 Å². The van der Waals surface area contributed by atoms with E-state index in [4.69, 9.17) is 0 Å². The normalized spacial score (nSPS) is 30.5. The van der Waals surface area contributed by atoms with E-state index in [1.165, 1.54) is 32.1 Å². The van der Waals surface area contributed by atoms with Gasteiger partial charge in [0.15, 0.2) is 0 Å². The molecule has 0 heterocycles. The lowest BCUT2D eigenvalue weighted by Crippen LogP contribution is -2.10. The highest BCUT2D eigenvalue weighted by Crippen LogP contribution is 2.29. The fourth-order valence-electron chi connectivity index (χ4n) is 1.74. The van der Waals surface area contributed by atoms with Crippen LogP contribution in [0.1, 0.15) is 61.2 Å². The molecular formula is C11H26. The third-order valence-corrected chi connectivity index (χ3v) is 2.71. The zero-order valence-corrected chi connectivity index (χ0v) is 8.69. The van der Waals surface area contributed by atoms with Gasteiger partial charge in [-0.1, -0.05) is 59.8 Å². The molecule has 0 atom stereocenters. The Morgan fingerprint density at radius 2 is 1.55 bits per heavy atom. The van der Waals surface area contributed by atoms with E-state index >= 15 is 0 Å². The van der Waals surface area contributed by atoms with E-state index in [2.05, 4.69) is 13.8 Å². The maximum absolute atomic E-state index is 2.38. The Morgan fingerprint density at radius 1 is 1.09 bits per heavy atom. The SMILES string of the molecule is CC.CCC1CCC(C)CC1.[HH]. The predicted molar refractivity (Wildman–Crippen MR) is 54.9 cm³/mol. The molecule has 0 heteroatoms. The Morgan fingerprint density at radius 3 is 1.91 bits per heavy atom. The molecule has 1 fully saturated rings. The van der Waals surface area contributed by atoms with Crippen LogP contribution in [0.4, 0.5) is 0 Å². The van der Waals surface area contributed by atoms with Crippen molar-refractivity contribution in [2.45, 2.75) is 59.8 Å². The molecular weight excluding hydrogens is 132 g/mol. The molecule has 1 saturated carbocycles. The van der Waals surface area contributed by atoms with E-state index < -0.39 is 0 Å². The molecule has 0 aromatic heterocycles. The summed E-state index contributed by atoms with van der Waals surface area (Å²) in [4.78, 5) is 0. The zero-order chi connectivity index (χ0) is 8.69. The Kier molecular flexibility index (Phi) is 6.69. The quantitative estimate of drug-likeness (QED) is 0.527. The average Bonchev–Trinajstić information content (AvgIpc) is 2.10. The van der Waals surface area contributed by atoms with Gasteiger partial charge in [-0.15, -0.1) is 0 Å². The second kappa shape index (κ2) is 6.69. The van der Waals surface area contributed by atoms with E-state index in [0.717, 1.165) is 11.8 Å². The van der Waals surface area contributed by atoms with E-state index in [-0.39, 0.29) is 1.43 Å². The smallest absolute Gasteiger partial charge is 0 e. The zero-order valence-electron chi connectivity index (χ0n) is 8.69. The van der Waals surface area contributed by atoms with Gasteiger partial charge in [-0.2, -0.15) is 0 Å². The van der Waals surface area contributed by atoms with Crippen LogP contribution in [0, 0.1) is 11.8 Å². The molecule has 11 heavy (non-hydrogen) atoms. The fourth-order valence-corrected chi connectivity index (χ4v) is 1.74. The molecule has 1 aliphatic rings. The second-order valence-corrected chi connectivity index (χ2v) is 3.53. The van der Waals surface area contributed by atoms with Gasteiger partial charge in [-0.25, -0.2) is 0 Å². The van der Waals surface area contributed by atoms with Crippen LogP contribution >= 0.6 is 0 Å². The van der Waals surface area contributed by atoms with Gasteiger partial charge in [0.05, 0.1) is 0 Å². The molecule has 0 spiro atoms. The van der Waals surface area contributed by atoms with Gasteiger partial charge in [0.25, 0.3) is 0 Å². The van der Waals surface area contributed by atoms with E-state index in [0.29, 0.717) is 0 Å². The summed E-state index contributed by atoms with van der Waals surface area (Å²) in [6, 6.07) is 0. The van der Waals surface area contributed by atoms with E-state index in [9.17, 15) is 0 Å². The Balaban J connectivity index is 0. The molecule has 1 aliphatic carbocycles. The highest BCUT2D eigenvalue weighted by molar-refractivity contribution is 4.68. The maximum atomic E-state index is 2.38. The molecule has 0 saturated heterocycles. The first kappa shape index (κ1) is 11.0. The van der Waals surface area contributed by atoms with Crippen LogP contribution in [0.15, 0.2) is 0 Å². The monoisotopic (exact) mass is 158 g/mol. The second-order valence-electron chi connectivity index (χ2n) is 3.53. The van der Waals surface area contributed by atoms with Crippen LogP contribution in [0.2, 0.25) is 0 Å². The van der Waals surface area contributed by atoms with Crippen LogP contribution in [0.5, 0.6) is 0 Å². The molecule has 0 aromatic rings. The highest BCUT2D eigenvalue weighted by atomic mass is 14.2. The topological polar surface area (TPSA) is 0 Å². The summed E-state index contributed by atoms with van der Waals surface area (Å²) in [7, 11) is 0. The minimum Gasteiger partial charge on any atom is -0.0683 e. The molecule has 0 unspecified atom stereocenters. The van der Waals surface area contributed by atoms with Gasteiger partial charge < -0.3 is 0 Å². The van der Waals surface area contributed by atoms with Crippen LogP contribution in [-0.4, -0.2) is 0 Å². The maximum Gasteiger partial charge on any atom is 0 e. The Bertz CT molecular complexity index is 73.1. The van der Waals surface area contributed by atoms with Crippen LogP contribution in [0.3, 0.4) is 0 Å². The Labute approximate surface area is 73.9 Å². The van der Waals surface area contributed by atoms with Crippen LogP contribution in [-0.2, 0) is 0 Å². The summed E-state index contributed by atoms with van der Waals surface area (Å²) in [6.07, 6.45) is 7.37. The summed E-state index contributed by atoms with van der Waals surface area (Å²) in [5.74, 6) is 2.09. The Hall–Kier alpha value is 0. The molecule has 0 aliphatic heterocycles. The van der Waals surface area contributed by atoms with Gasteiger partial charge in [-0.3, -0.25) is 0 Å². The summed E-state index contributed by atoms with van der Waals surface area (Å²) in [5.41, 5.74) is 0. The van der Waals surface area contributed by atoms with Crippen molar-refractivity contribution in [2.24, 2.45) is 11.8 Å². The first-order valence-electron chi connectivity index (χ1n) is 5.33. The van der Waals surface area contributed by atoms with Crippen molar-refractivity contribution < 1.29 is 1.43 Å². The summed E-state index contributed by atoms with van der Waals surface area (Å²) in [6.45, 7) is 8.70. The van der Waals surface area contributed by atoms with Crippen molar-refractivity contribution in [1.82, 2.24) is 0 Å². The lowest BCUT2D eigenvalue weighted by molar-refractivity contribution is 0.284. The minimum atomic E-state index is 0. The third-order valence-electron chi connectivity index (χ3n) is 2.71. The van der Waals surface area contributed by atoms with Gasteiger partial charge in [0, 0.05) is 1.43 Å². The molecule has 0 aromatic carbocycles. The van der Waals surface area contributed by atoms with Crippen molar-refractivity contribution in [3.05, 3.63) is 0 Å². The largest absolute Gasteiger partial charge is 0.0683 e. The predicted octanol–water partition coefficient (Wildman–Crippen LogP) is 4.49. The standard InChI is InChI=1S/C9H18.C2H6.H2/c1-3-9-6-4-8(2)5-7-9;1-2;/h8-9H,3-7H2,1-2H3;1-2H3;1H. The lowest BCUT2D eigenvalue weighted by atomic mass is 9.82. The average molecular weight is 158 g/mol. The van der Waals surface area contributed by atoms with Gasteiger partial charge >= 0.3 is 0 Å². The highest BCUT2D eigenvalue weighted by Gasteiger charge is 2.15. The molecule has 0 radical (unpaired) electrons.